The van der Waals surface area contributed by atoms with Gasteiger partial charge in [-0.1, -0.05) is 29.8 Å². The van der Waals surface area contributed by atoms with Gasteiger partial charge < -0.3 is 10.2 Å². The number of nitrogens with zero attached hydrogens (tertiary/aromatic N) is 1. The molecule has 3 nitrogen and oxygen atoms in total. The number of carbonyl (C=O) groups excluding carboxylic acids is 1. The number of carbonyl (C=O) groups is 1. The first-order valence-corrected chi connectivity index (χ1v) is 5.71. The van der Waals surface area contributed by atoms with Crippen LogP contribution in [0, 0.1) is 6.92 Å². The molecule has 16 heavy (non-hydrogen) atoms. The van der Waals surface area contributed by atoms with Crippen molar-refractivity contribution in [2.24, 2.45) is 0 Å². The van der Waals surface area contributed by atoms with Gasteiger partial charge in [-0.15, -0.1) is 0 Å². The molecule has 1 N–H and O–H groups in total. The van der Waals surface area contributed by atoms with Crippen LogP contribution in [0.5, 0.6) is 0 Å². The third kappa shape index (κ3) is 2.42. The molecule has 1 amide bonds. The van der Waals surface area contributed by atoms with Crippen LogP contribution in [0.3, 0.4) is 0 Å². The highest BCUT2D eigenvalue weighted by Gasteiger charge is 2.21. The summed E-state index contributed by atoms with van der Waals surface area (Å²) in [5.41, 5.74) is 2.45. The van der Waals surface area contributed by atoms with Gasteiger partial charge in [0, 0.05) is 32.6 Å². The summed E-state index contributed by atoms with van der Waals surface area (Å²) in [6.07, 6.45) is 0.555. The third-order valence-corrected chi connectivity index (χ3v) is 3.12. The zero-order valence-corrected chi connectivity index (χ0v) is 9.86. The van der Waals surface area contributed by atoms with E-state index in [0.717, 1.165) is 13.1 Å². The molecular weight excluding hydrogens is 200 g/mol. The topological polar surface area (TPSA) is 32.3 Å². The number of amides is 1. The van der Waals surface area contributed by atoms with Crippen molar-refractivity contribution in [1.29, 1.82) is 0 Å². The van der Waals surface area contributed by atoms with Gasteiger partial charge in [0.25, 0.3) is 0 Å². The highest BCUT2D eigenvalue weighted by molar-refractivity contribution is 5.77. The molecule has 0 radical (unpaired) electrons. The molecule has 0 spiro atoms. The fourth-order valence-corrected chi connectivity index (χ4v) is 1.97. The number of benzene rings is 1. The highest BCUT2D eigenvalue weighted by atomic mass is 16.2. The molecular formula is C13H18N2O. The zero-order chi connectivity index (χ0) is 11.5. The van der Waals surface area contributed by atoms with E-state index in [0.29, 0.717) is 6.42 Å². The van der Waals surface area contributed by atoms with Gasteiger partial charge in [0.1, 0.15) is 0 Å². The molecule has 3 heteroatoms. The summed E-state index contributed by atoms with van der Waals surface area (Å²) in [5.74, 6) is 0.218. The van der Waals surface area contributed by atoms with Crippen LogP contribution >= 0.6 is 0 Å². The first-order valence-electron chi connectivity index (χ1n) is 5.71. The maximum absolute atomic E-state index is 11.8. The van der Waals surface area contributed by atoms with E-state index < -0.39 is 0 Å². The van der Waals surface area contributed by atoms with E-state index in [9.17, 15) is 4.79 Å². The van der Waals surface area contributed by atoms with E-state index >= 15 is 0 Å². The van der Waals surface area contributed by atoms with E-state index in [1.54, 1.807) is 4.90 Å². The monoisotopic (exact) mass is 218 g/mol. The van der Waals surface area contributed by atoms with E-state index in [-0.39, 0.29) is 11.9 Å². The number of hydrogen-bond acceptors (Lipinski definition) is 2. The lowest BCUT2D eigenvalue weighted by Crippen LogP contribution is -2.27. The van der Waals surface area contributed by atoms with E-state index in [1.807, 2.05) is 7.05 Å². The second-order valence-electron chi connectivity index (χ2n) is 4.44. The van der Waals surface area contributed by atoms with Gasteiger partial charge in [0.05, 0.1) is 0 Å². The molecule has 0 aliphatic carbocycles. The van der Waals surface area contributed by atoms with Crippen LogP contribution in [-0.2, 0) is 4.79 Å². The van der Waals surface area contributed by atoms with Crippen LogP contribution in [0.25, 0.3) is 0 Å². The lowest BCUT2D eigenvalue weighted by Gasteiger charge is -2.15. The lowest BCUT2D eigenvalue weighted by molar-refractivity contribution is -0.129. The summed E-state index contributed by atoms with van der Waals surface area (Å²) in [6.45, 7) is 3.73. The second-order valence-corrected chi connectivity index (χ2v) is 4.44. The summed E-state index contributed by atoms with van der Waals surface area (Å²) in [7, 11) is 1.86. The number of rotatable bonds is 1. The van der Waals surface area contributed by atoms with Crippen LogP contribution in [-0.4, -0.2) is 30.9 Å². The molecule has 1 aliphatic heterocycles. The Hall–Kier alpha value is -1.35. The van der Waals surface area contributed by atoms with Crippen LogP contribution in [0.15, 0.2) is 24.3 Å². The van der Waals surface area contributed by atoms with Crippen molar-refractivity contribution in [1.82, 2.24) is 10.2 Å². The molecule has 1 atom stereocenters. The summed E-state index contributed by atoms with van der Waals surface area (Å²) >= 11 is 0. The molecule has 0 saturated carbocycles. The predicted molar refractivity (Wildman–Crippen MR) is 64.2 cm³/mol. The Kier molecular flexibility index (Phi) is 3.25. The molecule has 1 saturated heterocycles. The maximum atomic E-state index is 11.8. The molecule has 1 aliphatic rings. The van der Waals surface area contributed by atoms with Crippen molar-refractivity contribution in [2.45, 2.75) is 19.4 Å². The fraction of sp³-hybridized carbons (Fsp3) is 0.462. The molecule has 1 aromatic carbocycles. The Morgan fingerprint density at radius 1 is 1.31 bits per heavy atom. The van der Waals surface area contributed by atoms with Gasteiger partial charge in [0.15, 0.2) is 0 Å². The van der Waals surface area contributed by atoms with Gasteiger partial charge in [-0.25, -0.2) is 0 Å². The van der Waals surface area contributed by atoms with Crippen molar-refractivity contribution < 1.29 is 4.79 Å². The summed E-state index contributed by atoms with van der Waals surface area (Å²) in [4.78, 5) is 13.5. The molecule has 1 heterocycles. The van der Waals surface area contributed by atoms with Gasteiger partial charge >= 0.3 is 0 Å². The smallest absolute Gasteiger partial charge is 0.224 e. The summed E-state index contributed by atoms with van der Waals surface area (Å²) in [5, 5.41) is 3.42. The summed E-state index contributed by atoms with van der Waals surface area (Å²) in [6, 6.07) is 8.56. The van der Waals surface area contributed by atoms with Crippen molar-refractivity contribution >= 4 is 5.91 Å². The van der Waals surface area contributed by atoms with Crippen molar-refractivity contribution in [3.05, 3.63) is 35.4 Å². The Labute approximate surface area is 96.5 Å². The first kappa shape index (κ1) is 11.1. The summed E-state index contributed by atoms with van der Waals surface area (Å²) < 4.78 is 0. The van der Waals surface area contributed by atoms with Gasteiger partial charge in [-0.05, 0) is 12.5 Å². The first-order chi connectivity index (χ1) is 7.66. The van der Waals surface area contributed by atoms with E-state index in [1.165, 1.54) is 11.1 Å². The molecule has 2 rings (SSSR count). The Morgan fingerprint density at radius 2 is 2.00 bits per heavy atom. The van der Waals surface area contributed by atoms with Crippen molar-refractivity contribution in [2.75, 3.05) is 20.1 Å². The third-order valence-electron chi connectivity index (χ3n) is 3.12. The minimum Gasteiger partial charge on any atom is -0.344 e. The van der Waals surface area contributed by atoms with Crippen LogP contribution in [0.1, 0.15) is 23.6 Å². The van der Waals surface area contributed by atoms with E-state index in [4.69, 9.17) is 0 Å². The molecule has 0 aromatic heterocycles. The van der Waals surface area contributed by atoms with E-state index in [2.05, 4.69) is 36.5 Å². The number of aryl methyl sites for hydroxylation is 1. The van der Waals surface area contributed by atoms with Crippen molar-refractivity contribution in [3.8, 4) is 0 Å². The maximum Gasteiger partial charge on any atom is 0.224 e. The Balaban J connectivity index is 2.14. The predicted octanol–water partition coefficient (Wildman–Crippen LogP) is 1.49. The lowest BCUT2D eigenvalue weighted by atomic mass is 10.0. The van der Waals surface area contributed by atoms with Crippen LogP contribution in [0.4, 0.5) is 0 Å². The number of nitrogens with one attached hydrogen (secondary N) is 1. The average molecular weight is 218 g/mol. The molecule has 0 bridgehead atoms. The zero-order valence-electron chi connectivity index (χ0n) is 9.86. The average Bonchev–Trinajstić information content (AvgIpc) is 2.43. The second kappa shape index (κ2) is 4.66. The molecule has 1 aromatic rings. The highest BCUT2D eigenvalue weighted by Crippen LogP contribution is 2.19. The minimum absolute atomic E-state index is 0.165. The van der Waals surface area contributed by atoms with Crippen LogP contribution in [0.2, 0.25) is 0 Å². The molecule has 1 fully saturated rings. The number of hydrogen-bond donors (Lipinski definition) is 1. The van der Waals surface area contributed by atoms with Crippen LogP contribution < -0.4 is 5.32 Å². The SMILES string of the molecule is Cc1ccc(C2CC(=O)N(C)CCN2)cc1. The minimum atomic E-state index is 0.165. The van der Waals surface area contributed by atoms with Gasteiger partial charge in [-0.2, -0.15) is 0 Å². The Morgan fingerprint density at radius 3 is 2.69 bits per heavy atom. The normalized spacial score (nSPS) is 22.0. The fourth-order valence-electron chi connectivity index (χ4n) is 1.97. The molecule has 86 valence electrons. The van der Waals surface area contributed by atoms with Crippen molar-refractivity contribution in [3.63, 3.8) is 0 Å². The largest absolute Gasteiger partial charge is 0.344 e. The van der Waals surface area contributed by atoms with Gasteiger partial charge in [0.2, 0.25) is 5.91 Å². The quantitative estimate of drug-likeness (QED) is 0.774. The molecule has 1 unspecified atom stereocenters. The Bertz CT molecular complexity index is 372. The standard InChI is InChI=1S/C13H18N2O/c1-10-3-5-11(6-4-10)12-9-13(16)15(2)8-7-14-12/h3-6,12,14H,7-9H2,1-2H3. The van der Waals surface area contributed by atoms with Gasteiger partial charge in [-0.3, -0.25) is 4.79 Å². The number of likely N-dealkylation sites (N-methyl/N-ethyl adjacent to an activating group) is 1.